The Balaban J connectivity index is 4.08. The van der Waals surface area contributed by atoms with E-state index in [1.807, 2.05) is 6.92 Å². The summed E-state index contributed by atoms with van der Waals surface area (Å²) in [5.41, 5.74) is 0.682. The van der Waals surface area contributed by atoms with Crippen molar-refractivity contribution in [2.45, 2.75) is 20.3 Å². The number of likely N-dealkylation sites (N-methyl/N-ethyl adjacent to an activating group) is 1. The predicted octanol–water partition coefficient (Wildman–Crippen LogP) is 0.978. The predicted molar refractivity (Wildman–Crippen MR) is 50.7 cm³/mol. The van der Waals surface area contributed by atoms with E-state index in [1.54, 1.807) is 25.1 Å². The summed E-state index contributed by atoms with van der Waals surface area (Å²) < 4.78 is 0. The summed E-state index contributed by atoms with van der Waals surface area (Å²) in [5, 5.41) is 3.07. The van der Waals surface area contributed by atoms with Crippen LogP contribution in [0.25, 0.3) is 0 Å². The molecule has 1 N–H and O–H groups in total. The maximum Gasteiger partial charge on any atom is 0.269 e. The Morgan fingerprint density at radius 3 is 2.42 bits per heavy atom. The highest BCUT2D eigenvalue weighted by molar-refractivity contribution is 5.92. The van der Waals surface area contributed by atoms with Crippen LogP contribution in [0.15, 0.2) is 11.8 Å². The van der Waals surface area contributed by atoms with Gasteiger partial charge in [0.25, 0.3) is 5.91 Å². The number of amides is 1. The lowest BCUT2D eigenvalue weighted by Crippen LogP contribution is -2.31. The highest BCUT2D eigenvalue weighted by Gasteiger charge is 2.08. The van der Waals surface area contributed by atoms with Gasteiger partial charge >= 0.3 is 0 Å². The molecule has 0 bridgehead atoms. The van der Waals surface area contributed by atoms with E-state index >= 15 is 0 Å². The van der Waals surface area contributed by atoms with E-state index in [-0.39, 0.29) is 5.91 Å². The smallest absolute Gasteiger partial charge is 0.269 e. The molecular weight excluding hydrogens is 152 g/mol. The largest absolute Gasteiger partial charge is 0.381 e. The highest BCUT2D eigenvalue weighted by Crippen LogP contribution is 1.94. The molecule has 0 radical (unpaired) electrons. The molecule has 0 aliphatic heterocycles. The van der Waals surface area contributed by atoms with Gasteiger partial charge in [-0.25, -0.2) is 0 Å². The third-order valence-corrected chi connectivity index (χ3v) is 1.49. The van der Waals surface area contributed by atoms with Crippen LogP contribution in [0.1, 0.15) is 20.3 Å². The molecule has 1 amide bonds. The van der Waals surface area contributed by atoms with Gasteiger partial charge in [0.15, 0.2) is 0 Å². The van der Waals surface area contributed by atoms with Crippen LogP contribution < -0.4 is 5.32 Å². The first-order valence-electron chi connectivity index (χ1n) is 4.25. The second kappa shape index (κ2) is 5.63. The molecule has 0 fully saturated rings. The Morgan fingerprint density at radius 1 is 1.50 bits per heavy atom. The van der Waals surface area contributed by atoms with Crippen LogP contribution in [-0.2, 0) is 4.79 Å². The molecule has 0 heterocycles. The van der Waals surface area contributed by atoms with Gasteiger partial charge in [-0.2, -0.15) is 0 Å². The first-order valence-corrected chi connectivity index (χ1v) is 4.25. The molecule has 0 aromatic rings. The normalized spacial score (nSPS) is 11.2. The van der Waals surface area contributed by atoms with E-state index in [0.717, 1.165) is 13.0 Å². The van der Waals surface area contributed by atoms with Crippen molar-refractivity contribution in [3.8, 4) is 0 Å². The number of hydrogen-bond acceptors (Lipinski definition) is 2. The summed E-state index contributed by atoms with van der Waals surface area (Å²) in [5.74, 6) is 0.0333. The van der Waals surface area contributed by atoms with E-state index < -0.39 is 0 Å². The number of rotatable bonds is 4. The maximum absolute atomic E-state index is 11.4. The third-order valence-electron chi connectivity index (χ3n) is 1.49. The maximum atomic E-state index is 11.4. The zero-order valence-corrected chi connectivity index (χ0v) is 8.35. The van der Waals surface area contributed by atoms with Crippen molar-refractivity contribution in [3.63, 3.8) is 0 Å². The van der Waals surface area contributed by atoms with Gasteiger partial charge in [0, 0.05) is 20.6 Å². The van der Waals surface area contributed by atoms with Crippen LogP contribution >= 0.6 is 0 Å². The van der Waals surface area contributed by atoms with E-state index in [4.69, 9.17) is 0 Å². The lowest BCUT2D eigenvalue weighted by molar-refractivity contribution is -0.125. The van der Waals surface area contributed by atoms with Crippen LogP contribution in [0.2, 0.25) is 0 Å². The van der Waals surface area contributed by atoms with E-state index in [1.165, 1.54) is 0 Å². The molecule has 0 spiro atoms. The second-order valence-electron chi connectivity index (χ2n) is 2.83. The van der Waals surface area contributed by atoms with Crippen LogP contribution in [0, 0.1) is 0 Å². The summed E-state index contributed by atoms with van der Waals surface area (Å²) >= 11 is 0. The fraction of sp³-hybridized carbons (Fsp3) is 0.667. The molecule has 0 aliphatic rings. The van der Waals surface area contributed by atoms with Crippen LogP contribution in [0.5, 0.6) is 0 Å². The zero-order valence-electron chi connectivity index (χ0n) is 8.35. The Bertz CT molecular complexity index is 173. The minimum atomic E-state index is 0.0333. The summed E-state index contributed by atoms with van der Waals surface area (Å²) in [6.45, 7) is 4.78. The molecule has 70 valence electrons. The first kappa shape index (κ1) is 11.0. The second-order valence-corrected chi connectivity index (χ2v) is 2.83. The fourth-order valence-corrected chi connectivity index (χ4v) is 0.802. The monoisotopic (exact) mass is 170 g/mol. The molecule has 0 atom stereocenters. The Morgan fingerprint density at radius 2 is 2.08 bits per heavy atom. The van der Waals surface area contributed by atoms with Gasteiger partial charge in [0.2, 0.25) is 0 Å². The van der Waals surface area contributed by atoms with Crippen molar-refractivity contribution < 1.29 is 4.79 Å². The molecule has 12 heavy (non-hydrogen) atoms. The molecule has 0 aliphatic carbocycles. The zero-order chi connectivity index (χ0) is 9.56. The molecule has 0 saturated heterocycles. The molecule has 0 aromatic carbocycles. The summed E-state index contributed by atoms with van der Waals surface area (Å²) in [6, 6.07) is 0. The van der Waals surface area contributed by atoms with Gasteiger partial charge in [0.1, 0.15) is 0 Å². The number of carbonyl (C=O) groups is 1. The van der Waals surface area contributed by atoms with Crippen molar-refractivity contribution in [2.75, 3.05) is 20.6 Å². The Labute approximate surface area is 74.4 Å². The average molecular weight is 170 g/mol. The summed E-state index contributed by atoms with van der Waals surface area (Å²) in [6.07, 6.45) is 2.83. The van der Waals surface area contributed by atoms with Crippen molar-refractivity contribution in [3.05, 3.63) is 11.8 Å². The average Bonchev–Trinajstić information content (AvgIpc) is 2.05. The minimum Gasteiger partial charge on any atom is -0.381 e. The Kier molecular flexibility index (Phi) is 5.17. The van der Waals surface area contributed by atoms with Gasteiger partial charge in [-0.15, -0.1) is 0 Å². The number of nitrogens with zero attached hydrogens (tertiary/aromatic N) is 1. The van der Waals surface area contributed by atoms with Gasteiger partial charge in [-0.1, -0.05) is 13.0 Å². The third kappa shape index (κ3) is 3.42. The van der Waals surface area contributed by atoms with Gasteiger partial charge < -0.3 is 10.2 Å². The molecule has 3 nitrogen and oxygen atoms in total. The van der Waals surface area contributed by atoms with Crippen LogP contribution in [0.3, 0.4) is 0 Å². The number of hydrogen-bond donors (Lipinski definition) is 1. The van der Waals surface area contributed by atoms with Crippen molar-refractivity contribution in [1.29, 1.82) is 0 Å². The van der Waals surface area contributed by atoms with E-state index in [9.17, 15) is 4.79 Å². The minimum absolute atomic E-state index is 0.0333. The quantitative estimate of drug-likeness (QED) is 0.638. The van der Waals surface area contributed by atoms with Crippen LogP contribution in [0.4, 0.5) is 0 Å². The molecule has 0 saturated carbocycles. The van der Waals surface area contributed by atoms with Crippen molar-refractivity contribution >= 4 is 5.91 Å². The molecular formula is C9H18N2O. The summed E-state index contributed by atoms with van der Waals surface area (Å²) in [7, 11) is 3.50. The topological polar surface area (TPSA) is 32.3 Å². The fourth-order valence-electron chi connectivity index (χ4n) is 0.802. The van der Waals surface area contributed by atoms with Crippen molar-refractivity contribution in [2.24, 2.45) is 0 Å². The molecule has 0 aromatic heterocycles. The van der Waals surface area contributed by atoms with E-state index in [0.29, 0.717) is 5.70 Å². The molecule has 3 heteroatoms. The molecule has 0 rings (SSSR count). The lowest BCUT2D eigenvalue weighted by Gasteiger charge is -2.14. The van der Waals surface area contributed by atoms with E-state index in [2.05, 4.69) is 12.2 Å². The summed E-state index contributed by atoms with van der Waals surface area (Å²) in [4.78, 5) is 12.9. The number of nitrogens with one attached hydrogen (secondary N) is 1. The van der Waals surface area contributed by atoms with Crippen molar-refractivity contribution in [1.82, 2.24) is 10.2 Å². The van der Waals surface area contributed by atoms with Crippen LogP contribution in [-0.4, -0.2) is 31.4 Å². The lowest BCUT2D eigenvalue weighted by atomic mass is 10.3. The number of carbonyl (C=O) groups excluding carboxylic acids is 1. The van der Waals surface area contributed by atoms with Gasteiger partial charge in [0.05, 0.1) is 5.70 Å². The number of allylic oxidation sites excluding steroid dienone is 1. The Hall–Kier alpha value is -0.990. The van der Waals surface area contributed by atoms with Gasteiger partial charge in [-0.05, 0) is 13.3 Å². The first-order chi connectivity index (χ1) is 5.63. The standard InChI is InChI=1S/C9H18N2O/c1-5-7-10-8(6-2)9(12)11(3)4/h6,10H,5,7H2,1-4H3. The van der Waals surface area contributed by atoms with Gasteiger partial charge in [-0.3, -0.25) is 4.79 Å². The SMILES string of the molecule is CC=C(NCCC)C(=O)N(C)C. The highest BCUT2D eigenvalue weighted by atomic mass is 16.2. The molecule has 0 unspecified atom stereocenters.